The van der Waals surface area contributed by atoms with E-state index in [0.29, 0.717) is 24.7 Å². The predicted octanol–water partition coefficient (Wildman–Crippen LogP) is 3.19. The molecule has 2 amide bonds. The monoisotopic (exact) mass is 364 g/mol. The van der Waals surface area contributed by atoms with Gasteiger partial charge in [0.2, 0.25) is 0 Å². The second kappa shape index (κ2) is 9.38. The summed E-state index contributed by atoms with van der Waals surface area (Å²) in [6.45, 7) is 8.58. The van der Waals surface area contributed by atoms with Crippen molar-refractivity contribution in [2.45, 2.75) is 26.7 Å². The van der Waals surface area contributed by atoms with E-state index in [0.717, 1.165) is 19.6 Å². The number of hydrogen-bond acceptors (Lipinski definition) is 5. The van der Waals surface area contributed by atoms with Crippen LogP contribution < -0.4 is 10.1 Å². The zero-order valence-electron chi connectivity index (χ0n) is 15.7. The second-order valence-corrected chi connectivity index (χ2v) is 6.54. The first-order valence-electron chi connectivity index (χ1n) is 9.09. The van der Waals surface area contributed by atoms with Crippen molar-refractivity contribution in [3.8, 4) is 5.75 Å². The highest BCUT2D eigenvalue weighted by molar-refractivity contribution is 5.91. The van der Waals surface area contributed by atoms with Crippen LogP contribution in [0.2, 0.25) is 0 Å². The normalized spacial score (nSPS) is 15.2. The number of anilines is 1. The molecule has 0 unspecified atom stereocenters. The fraction of sp³-hybridized carbons (Fsp3) is 0.611. The number of rotatable bonds is 7. The van der Waals surface area contributed by atoms with Crippen molar-refractivity contribution in [2.24, 2.45) is 5.92 Å². The third-order valence-corrected chi connectivity index (χ3v) is 4.97. The molecule has 1 saturated heterocycles. The number of carbonyl (C=O) groups is 1. The molecule has 8 heteroatoms. The van der Waals surface area contributed by atoms with Crippen LogP contribution >= 0.6 is 0 Å². The largest absolute Gasteiger partial charge is 0.494 e. The maximum atomic E-state index is 12.5. The number of nitrogens with zero attached hydrogens (tertiary/aromatic N) is 3. The van der Waals surface area contributed by atoms with E-state index in [2.05, 4.69) is 24.1 Å². The molecule has 0 saturated carbocycles. The Labute approximate surface area is 154 Å². The lowest BCUT2D eigenvalue weighted by Gasteiger charge is -2.36. The number of non-ortho nitro benzene ring substituents is 1. The van der Waals surface area contributed by atoms with Crippen LogP contribution in [0.25, 0.3) is 0 Å². The van der Waals surface area contributed by atoms with E-state index in [1.54, 1.807) is 4.90 Å². The minimum absolute atomic E-state index is 0.0742. The Morgan fingerprint density at radius 3 is 2.46 bits per heavy atom. The molecule has 1 fully saturated rings. The summed E-state index contributed by atoms with van der Waals surface area (Å²) in [5, 5.41) is 13.6. The minimum Gasteiger partial charge on any atom is -0.494 e. The SMILES string of the molecule is CCC(CC)CN1CCN(C(=O)Nc2ccc([N+](=O)[O-])cc2OC)CC1. The maximum absolute atomic E-state index is 12.5. The molecule has 1 aromatic rings. The molecule has 0 spiro atoms. The Bertz CT molecular complexity index is 626. The fourth-order valence-corrected chi connectivity index (χ4v) is 3.14. The number of methoxy groups -OCH3 is 1. The topological polar surface area (TPSA) is 88.0 Å². The Kier molecular flexibility index (Phi) is 7.20. The molecule has 144 valence electrons. The number of ether oxygens (including phenoxy) is 1. The van der Waals surface area contributed by atoms with Gasteiger partial charge in [-0.2, -0.15) is 0 Å². The molecule has 8 nitrogen and oxygen atoms in total. The van der Waals surface area contributed by atoms with Crippen LogP contribution in [0.5, 0.6) is 5.75 Å². The molecule has 0 aliphatic carbocycles. The molecule has 2 rings (SSSR count). The molecular weight excluding hydrogens is 336 g/mol. The van der Waals surface area contributed by atoms with E-state index >= 15 is 0 Å². The number of nitro benzene ring substituents is 1. The number of piperazine rings is 1. The fourth-order valence-electron chi connectivity index (χ4n) is 3.14. The zero-order valence-corrected chi connectivity index (χ0v) is 15.7. The van der Waals surface area contributed by atoms with Crippen molar-refractivity contribution in [3.05, 3.63) is 28.3 Å². The highest BCUT2D eigenvalue weighted by atomic mass is 16.6. The predicted molar refractivity (Wildman–Crippen MR) is 101 cm³/mol. The molecular formula is C18H28N4O4. The van der Waals surface area contributed by atoms with Crippen LogP contribution in [0, 0.1) is 16.0 Å². The number of nitrogens with one attached hydrogen (secondary N) is 1. The number of urea groups is 1. The number of benzene rings is 1. The molecule has 1 heterocycles. The first kappa shape index (κ1) is 20.0. The third kappa shape index (κ3) is 5.08. The Morgan fingerprint density at radius 1 is 1.27 bits per heavy atom. The van der Waals surface area contributed by atoms with Crippen molar-refractivity contribution in [3.63, 3.8) is 0 Å². The highest BCUT2D eigenvalue weighted by Crippen LogP contribution is 2.29. The molecule has 1 aromatic carbocycles. The van der Waals surface area contributed by atoms with Crippen molar-refractivity contribution in [1.82, 2.24) is 9.80 Å². The van der Waals surface area contributed by atoms with Gasteiger partial charge in [-0.1, -0.05) is 26.7 Å². The molecule has 0 atom stereocenters. The summed E-state index contributed by atoms with van der Waals surface area (Å²) < 4.78 is 5.16. The summed E-state index contributed by atoms with van der Waals surface area (Å²) in [7, 11) is 1.42. The summed E-state index contributed by atoms with van der Waals surface area (Å²) in [4.78, 5) is 27.0. The molecule has 0 aromatic heterocycles. The van der Waals surface area contributed by atoms with Crippen molar-refractivity contribution < 1.29 is 14.5 Å². The maximum Gasteiger partial charge on any atom is 0.322 e. The van der Waals surface area contributed by atoms with Gasteiger partial charge in [-0.15, -0.1) is 0 Å². The Balaban J connectivity index is 1.92. The van der Waals surface area contributed by atoms with Crippen molar-refractivity contribution >= 4 is 17.4 Å². The molecule has 0 bridgehead atoms. The average molecular weight is 364 g/mol. The minimum atomic E-state index is -0.493. The summed E-state index contributed by atoms with van der Waals surface area (Å²) in [5.41, 5.74) is 0.359. The van der Waals surface area contributed by atoms with E-state index in [1.165, 1.54) is 38.2 Å². The van der Waals surface area contributed by atoms with Gasteiger partial charge in [0.25, 0.3) is 5.69 Å². The molecule has 0 radical (unpaired) electrons. The van der Waals surface area contributed by atoms with Gasteiger partial charge >= 0.3 is 6.03 Å². The van der Waals surface area contributed by atoms with Crippen LogP contribution in [0.1, 0.15) is 26.7 Å². The van der Waals surface area contributed by atoms with E-state index in [9.17, 15) is 14.9 Å². The second-order valence-electron chi connectivity index (χ2n) is 6.54. The number of nitro groups is 1. The highest BCUT2D eigenvalue weighted by Gasteiger charge is 2.23. The summed E-state index contributed by atoms with van der Waals surface area (Å²) in [5.74, 6) is 0.986. The summed E-state index contributed by atoms with van der Waals surface area (Å²) in [6, 6.07) is 3.95. The van der Waals surface area contributed by atoms with Gasteiger partial charge in [-0.05, 0) is 12.0 Å². The van der Waals surface area contributed by atoms with E-state index in [4.69, 9.17) is 4.74 Å². The van der Waals surface area contributed by atoms with Gasteiger partial charge in [0, 0.05) is 38.8 Å². The lowest BCUT2D eigenvalue weighted by atomic mass is 10.0. The third-order valence-electron chi connectivity index (χ3n) is 4.97. The van der Waals surface area contributed by atoms with Crippen molar-refractivity contribution in [2.75, 3.05) is 45.2 Å². The molecule has 1 aliphatic rings. The number of carbonyl (C=O) groups excluding carboxylic acids is 1. The Hall–Kier alpha value is -2.35. The van der Waals surface area contributed by atoms with Crippen LogP contribution in [-0.4, -0.2) is 60.6 Å². The van der Waals surface area contributed by atoms with Crippen molar-refractivity contribution in [1.29, 1.82) is 0 Å². The molecule has 1 N–H and O–H groups in total. The first-order chi connectivity index (χ1) is 12.5. The quantitative estimate of drug-likeness (QED) is 0.593. The van der Waals surface area contributed by atoms with E-state index in [-0.39, 0.29) is 17.5 Å². The van der Waals surface area contributed by atoms with Crippen LogP contribution in [-0.2, 0) is 0 Å². The number of amides is 2. The van der Waals surface area contributed by atoms with E-state index < -0.39 is 4.92 Å². The molecule has 1 aliphatic heterocycles. The van der Waals surface area contributed by atoms with E-state index in [1.807, 2.05) is 0 Å². The van der Waals surface area contributed by atoms with Gasteiger partial charge < -0.3 is 15.0 Å². The lowest BCUT2D eigenvalue weighted by Crippen LogP contribution is -2.50. The average Bonchev–Trinajstić information content (AvgIpc) is 2.66. The smallest absolute Gasteiger partial charge is 0.322 e. The van der Waals surface area contributed by atoms with Crippen LogP contribution in [0.4, 0.5) is 16.2 Å². The van der Waals surface area contributed by atoms with Crippen LogP contribution in [0.3, 0.4) is 0 Å². The zero-order chi connectivity index (χ0) is 19.1. The van der Waals surface area contributed by atoms with Gasteiger partial charge in [-0.25, -0.2) is 4.79 Å². The van der Waals surface area contributed by atoms with Gasteiger partial charge in [-0.3, -0.25) is 15.0 Å². The van der Waals surface area contributed by atoms with Gasteiger partial charge in [0.15, 0.2) is 0 Å². The van der Waals surface area contributed by atoms with Gasteiger partial charge in [0.1, 0.15) is 5.75 Å². The molecule has 26 heavy (non-hydrogen) atoms. The number of hydrogen-bond donors (Lipinski definition) is 1. The summed E-state index contributed by atoms with van der Waals surface area (Å²) >= 11 is 0. The Morgan fingerprint density at radius 2 is 1.92 bits per heavy atom. The lowest BCUT2D eigenvalue weighted by molar-refractivity contribution is -0.384. The van der Waals surface area contributed by atoms with Gasteiger partial charge in [0.05, 0.1) is 23.8 Å². The first-order valence-corrected chi connectivity index (χ1v) is 9.09. The standard InChI is InChI=1S/C18H28N4O4/c1-4-14(5-2)13-20-8-10-21(11-9-20)18(23)19-16-7-6-15(22(24)25)12-17(16)26-3/h6-7,12,14H,4-5,8-11,13H2,1-3H3,(H,19,23). The summed E-state index contributed by atoms with van der Waals surface area (Å²) in [6.07, 6.45) is 2.36. The van der Waals surface area contributed by atoms with Crippen LogP contribution in [0.15, 0.2) is 18.2 Å².